The molecule has 1 amide bonds. The van der Waals surface area contributed by atoms with Gasteiger partial charge in [-0.2, -0.15) is 0 Å². The van der Waals surface area contributed by atoms with E-state index in [4.69, 9.17) is 9.47 Å². The quantitative estimate of drug-likeness (QED) is 0.707. The summed E-state index contributed by atoms with van der Waals surface area (Å²) < 4.78 is 10.8. The van der Waals surface area contributed by atoms with E-state index in [1.165, 1.54) is 19.3 Å². The summed E-state index contributed by atoms with van der Waals surface area (Å²) in [4.78, 5) is 11.9. The third-order valence-corrected chi connectivity index (χ3v) is 4.25. The zero-order chi connectivity index (χ0) is 12.8. The van der Waals surface area contributed by atoms with Crippen LogP contribution in [0.1, 0.15) is 45.4 Å². The highest BCUT2D eigenvalue weighted by Crippen LogP contribution is 2.43. The maximum atomic E-state index is 11.9. The molecule has 2 rings (SSSR count). The molecule has 0 bridgehead atoms. The Morgan fingerprint density at radius 1 is 1.44 bits per heavy atom. The molecule has 104 valence electrons. The second kappa shape index (κ2) is 6.53. The van der Waals surface area contributed by atoms with Crippen molar-refractivity contribution in [2.75, 3.05) is 26.4 Å². The Morgan fingerprint density at radius 2 is 2.28 bits per heavy atom. The summed E-state index contributed by atoms with van der Waals surface area (Å²) in [6.07, 6.45) is 6.45. The number of ether oxygens (including phenoxy) is 2. The Labute approximate surface area is 109 Å². The summed E-state index contributed by atoms with van der Waals surface area (Å²) in [5, 5.41) is 3.07. The van der Waals surface area contributed by atoms with E-state index in [0.29, 0.717) is 5.41 Å². The Kier molecular flexibility index (Phi) is 5.01. The first kappa shape index (κ1) is 13.8. The lowest BCUT2D eigenvalue weighted by Gasteiger charge is -2.42. The summed E-state index contributed by atoms with van der Waals surface area (Å²) in [5.41, 5.74) is 0.295. The van der Waals surface area contributed by atoms with Crippen LogP contribution in [0.15, 0.2) is 0 Å². The van der Waals surface area contributed by atoms with Crippen LogP contribution in [0.4, 0.5) is 0 Å². The van der Waals surface area contributed by atoms with Gasteiger partial charge in [-0.1, -0.05) is 6.42 Å². The van der Waals surface area contributed by atoms with Crippen molar-refractivity contribution in [3.8, 4) is 0 Å². The van der Waals surface area contributed by atoms with Gasteiger partial charge in [0, 0.05) is 26.4 Å². The molecule has 2 aliphatic rings. The molecular weight excluding hydrogens is 230 g/mol. The first-order valence-corrected chi connectivity index (χ1v) is 7.23. The predicted molar refractivity (Wildman–Crippen MR) is 69.4 cm³/mol. The minimum absolute atomic E-state index is 0.0789. The van der Waals surface area contributed by atoms with Crippen LogP contribution >= 0.6 is 0 Å². The van der Waals surface area contributed by atoms with Crippen LogP contribution in [0.25, 0.3) is 0 Å². The van der Waals surface area contributed by atoms with Crippen LogP contribution in [0, 0.1) is 5.41 Å². The average molecular weight is 255 g/mol. The highest BCUT2D eigenvalue weighted by molar-refractivity contribution is 5.81. The molecule has 0 radical (unpaired) electrons. The Hall–Kier alpha value is -0.610. The van der Waals surface area contributed by atoms with Crippen molar-refractivity contribution in [2.45, 2.75) is 51.6 Å². The van der Waals surface area contributed by atoms with Crippen LogP contribution in [-0.4, -0.2) is 38.4 Å². The third kappa shape index (κ3) is 3.45. The van der Waals surface area contributed by atoms with E-state index in [9.17, 15) is 4.79 Å². The van der Waals surface area contributed by atoms with E-state index in [2.05, 4.69) is 5.32 Å². The van der Waals surface area contributed by atoms with Gasteiger partial charge in [0.25, 0.3) is 0 Å². The fraction of sp³-hybridized carbons (Fsp3) is 0.929. The van der Waals surface area contributed by atoms with Crippen molar-refractivity contribution in [1.29, 1.82) is 0 Å². The van der Waals surface area contributed by atoms with E-state index in [1.54, 1.807) is 0 Å². The Bertz CT molecular complexity index is 270. The Balaban J connectivity index is 1.70. The van der Waals surface area contributed by atoms with E-state index in [1.807, 2.05) is 6.92 Å². The SMILES string of the molecule is CCOCCC1(CNC(=O)C2CCCO2)CCC1. The maximum absolute atomic E-state index is 11.9. The lowest BCUT2D eigenvalue weighted by Crippen LogP contribution is -2.45. The molecule has 1 aliphatic carbocycles. The van der Waals surface area contributed by atoms with Crippen molar-refractivity contribution in [3.05, 3.63) is 0 Å². The number of amides is 1. The van der Waals surface area contributed by atoms with Crippen molar-refractivity contribution < 1.29 is 14.3 Å². The van der Waals surface area contributed by atoms with E-state index in [0.717, 1.165) is 45.6 Å². The predicted octanol–water partition coefficient (Wildman–Crippen LogP) is 1.88. The third-order valence-electron chi connectivity index (χ3n) is 4.25. The molecule has 2 fully saturated rings. The molecule has 4 nitrogen and oxygen atoms in total. The zero-order valence-electron chi connectivity index (χ0n) is 11.4. The normalized spacial score (nSPS) is 25.7. The van der Waals surface area contributed by atoms with Crippen molar-refractivity contribution in [2.24, 2.45) is 5.41 Å². The number of rotatable bonds is 7. The summed E-state index contributed by atoms with van der Waals surface area (Å²) >= 11 is 0. The van der Waals surface area contributed by atoms with Crippen LogP contribution in [-0.2, 0) is 14.3 Å². The lowest BCUT2D eigenvalue weighted by molar-refractivity contribution is -0.131. The zero-order valence-corrected chi connectivity index (χ0v) is 11.4. The molecule has 4 heteroatoms. The van der Waals surface area contributed by atoms with Crippen LogP contribution in [0.5, 0.6) is 0 Å². The number of nitrogens with one attached hydrogen (secondary N) is 1. The minimum atomic E-state index is -0.200. The fourth-order valence-electron chi connectivity index (χ4n) is 2.80. The largest absolute Gasteiger partial charge is 0.382 e. The van der Waals surface area contributed by atoms with Gasteiger partial charge in [0.15, 0.2) is 0 Å². The number of hydrogen-bond acceptors (Lipinski definition) is 3. The molecule has 18 heavy (non-hydrogen) atoms. The summed E-state index contributed by atoms with van der Waals surface area (Å²) in [6.45, 7) is 5.13. The molecule has 1 saturated carbocycles. The van der Waals surface area contributed by atoms with Gasteiger partial charge in [0.1, 0.15) is 6.10 Å². The molecule has 0 aromatic heterocycles. The number of carbonyl (C=O) groups is 1. The van der Waals surface area contributed by atoms with Gasteiger partial charge in [0.05, 0.1) is 0 Å². The first-order valence-electron chi connectivity index (χ1n) is 7.23. The van der Waals surface area contributed by atoms with Gasteiger partial charge < -0.3 is 14.8 Å². The highest BCUT2D eigenvalue weighted by Gasteiger charge is 2.37. The summed E-state index contributed by atoms with van der Waals surface area (Å²) in [6, 6.07) is 0. The fourth-order valence-corrected chi connectivity index (χ4v) is 2.80. The molecule has 1 aliphatic heterocycles. The van der Waals surface area contributed by atoms with Gasteiger partial charge in [-0.15, -0.1) is 0 Å². The van der Waals surface area contributed by atoms with Crippen molar-refractivity contribution >= 4 is 5.91 Å². The van der Waals surface area contributed by atoms with Gasteiger partial charge >= 0.3 is 0 Å². The topological polar surface area (TPSA) is 47.6 Å². The molecular formula is C14H25NO3. The van der Waals surface area contributed by atoms with Crippen molar-refractivity contribution in [1.82, 2.24) is 5.32 Å². The maximum Gasteiger partial charge on any atom is 0.249 e. The van der Waals surface area contributed by atoms with E-state index >= 15 is 0 Å². The number of carbonyl (C=O) groups excluding carboxylic acids is 1. The molecule has 1 N–H and O–H groups in total. The molecule has 1 atom stereocenters. The molecule has 0 aromatic carbocycles. The second-order valence-corrected chi connectivity index (χ2v) is 5.52. The average Bonchev–Trinajstić information content (AvgIpc) is 2.85. The second-order valence-electron chi connectivity index (χ2n) is 5.52. The van der Waals surface area contributed by atoms with Crippen LogP contribution in [0.3, 0.4) is 0 Å². The van der Waals surface area contributed by atoms with Crippen molar-refractivity contribution in [3.63, 3.8) is 0 Å². The molecule has 1 unspecified atom stereocenters. The smallest absolute Gasteiger partial charge is 0.249 e. The van der Waals surface area contributed by atoms with Gasteiger partial charge in [-0.3, -0.25) is 4.79 Å². The lowest BCUT2D eigenvalue weighted by atomic mass is 9.66. The van der Waals surface area contributed by atoms with Gasteiger partial charge in [-0.25, -0.2) is 0 Å². The van der Waals surface area contributed by atoms with Gasteiger partial charge in [0.2, 0.25) is 5.91 Å². The number of hydrogen-bond donors (Lipinski definition) is 1. The summed E-state index contributed by atoms with van der Waals surface area (Å²) in [5.74, 6) is 0.0789. The Morgan fingerprint density at radius 3 is 2.83 bits per heavy atom. The van der Waals surface area contributed by atoms with Gasteiger partial charge in [-0.05, 0) is 44.4 Å². The molecule has 0 aromatic rings. The summed E-state index contributed by atoms with van der Waals surface area (Å²) in [7, 11) is 0. The molecule has 1 saturated heterocycles. The van der Waals surface area contributed by atoms with Crippen LogP contribution in [0.2, 0.25) is 0 Å². The standard InChI is InChI=1S/C14H25NO3/c1-2-17-10-8-14(6-4-7-14)11-15-13(16)12-5-3-9-18-12/h12H,2-11H2,1H3,(H,15,16). The highest BCUT2D eigenvalue weighted by atomic mass is 16.5. The monoisotopic (exact) mass is 255 g/mol. The minimum Gasteiger partial charge on any atom is -0.382 e. The molecule has 0 spiro atoms. The molecule has 1 heterocycles. The van der Waals surface area contributed by atoms with E-state index in [-0.39, 0.29) is 12.0 Å². The first-order chi connectivity index (χ1) is 8.76. The van der Waals surface area contributed by atoms with Crippen LogP contribution < -0.4 is 5.32 Å². The van der Waals surface area contributed by atoms with E-state index < -0.39 is 0 Å².